The van der Waals surface area contributed by atoms with Crippen molar-refractivity contribution in [3.63, 3.8) is 0 Å². The molecule has 2 aromatic rings. The Morgan fingerprint density at radius 2 is 1.53 bits per heavy atom. The molecule has 3 nitrogen and oxygen atoms in total. The second-order valence-electron chi connectivity index (χ2n) is 4.55. The van der Waals surface area contributed by atoms with Crippen molar-refractivity contribution in [3.05, 3.63) is 71.8 Å². The Balaban J connectivity index is 1.88. The van der Waals surface area contributed by atoms with E-state index in [0.717, 1.165) is 24.4 Å². The van der Waals surface area contributed by atoms with E-state index in [-0.39, 0.29) is 0 Å². The largest absolute Gasteiger partial charge is 0.241 e. The molecule has 0 atom stereocenters. The smallest absolute Gasteiger partial charge is 0.207 e. The summed E-state index contributed by atoms with van der Waals surface area (Å²) in [6.07, 6.45) is 1.63. The topological polar surface area (TPSA) is 46.2 Å². The molecule has 97 valence electrons. The Hall–Kier alpha value is -1.65. The van der Waals surface area contributed by atoms with Gasteiger partial charge in [0.2, 0.25) is 10.0 Å². The molecular weight excluding hydrogens is 258 g/mol. The van der Waals surface area contributed by atoms with Gasteiger partial charge in [-0.15, -0.1) is 0 Å². The van der Waals surface area contributed by atoms with Gasteiger partial charge in [0.1, 0.15) is 0 Å². The summed E-state index contributed by atoms with van der Waals surface area (Å²) in [5, 5.41) is 0. The van der Waals surface area contributed by atoms with E-state index in [1.165, 1.54) is 5.56 Å². The van der Waals surface area contributed by atoms with E-state index < -0.39 is 10.0 Å². The molecule has 1 N–H and O–H groups in total. The minimum Gasteiger partial charge on any atom is -0.207 e. The molecule has 0 heterocycles. The lowest BCUT2D eigenvalue weighted by atomic mass is 10.1. The van der Waals surface area contributed by atoms with Gasteiger partial charge in [-0.3, -0.25) is 0 Å². The minimum atomic E-state index is -3.47. The Morgan fingerprint density at radius 3 is 2.32 bits per heavy atom. The van der Waals surface area contributed by atoms with Crippen molar-refractivity contribution in [1.29, 1.82) is 0 Å². The lowest BCUT2D eigenvalue weighted by Gasteiger charge is -2.13. The second kappa shape index (κ2) is 4.79. The molecule has 0 aliphatic heterocycles. The zero-order valence-corrected chi connectivity index (χ0v) is 11.2. The van der Waals surface area contributed by atoms with E-state index in [2.05, 4.69) is 4.72 Å². The van der Waals surface area contributed by atoms with Crippen molar-refractivity contribution < 1.29 is 8.42 Å². The molecule has 3 rings (SSSR count). The van der Waals surface area contributed by atoms with Gasteiger partial charge in [0, 0.05) is 0 Å². The molecule has 2 aromatic carbocycles. The fourth-order valence-corrected chi connectivity index (χ4v) is 3.52. The molecule has 4 heteroatoms. The van der Waals surface area contributed by atoms with Gasteiger partial charge < -0.3 is 0 Å². The highest BCUT2D eigenvalue weighted by Crippen LogP contribution is 2.31. The molecule has 0 spiro atoms. The Morgan fingerprint density at radius 1 is 0.842 bits per heavy atom. The van der Waals surface area contributed by atoms with Gasteiger partial charge in [-0.1, -0.05) is 42.5 Å². The summed E-state index contributed by atoms with van der Waals surface area (Å²) < 4.78 is 27.2. The van der Waals surface area contributed by atoms with Crippen LogP contribution in [-0.4, -0.2) is 8.42 Å². The fraction of sp³-hybridized carbons (Fsp3) is 0.133. The third kappa shape index (κ3) is 2.41. The normalized spacial score (nSPS) is 15.4. The van der Waals surface area contributed by atoms with Gasteiger partial charge >= 0.3 is 0 Å². The summed E-state index contributed by atoms with van der Waals surface area (Å²) in [5.74, 6) is 0. The minimum absolute atomic E-state index is 0.298. The van der Waals surface area contributed by atoms with Crippen LogP contribution in [0.2, 0.25) is 0 Å². The number of benzene rings is 2. The summed E-state index contributed by atoms with van der Waals surface area (Å²) in [4.78, 5) is 0.298. The fourth-order valence-electron chi connectivity index (χ4n) is 2.35. The molecule has 19 heavy (non-hydrogen) atoms. The maximum atomic E-state index is 12.3. The number of nitrogens with one attached hydrogen (secondary N) is 1. The Kier molecular flexibility index (Phi) is 3.12. The summed E-state index contributed by atoms with van der Waals surface area (Å²) in [5.41, 5.74) is 2.22. The van der Waals surface area contributed by atoms with Crippen molar-refractivity contribution in [1.82, 2.24) is 4.72 Å². The van der Waals surface area contributed by atoms with Crippen LogP contribution in [0.25, 0.3) is 0 Å². The van der Waals surface area contributed by atoms with Crippen LogP contribution in [0.4, 0.5) is 0 Å². The second-order valence-corrected chi connectivity index (χ2v) is 6.24. The summed E-state index contributed by atoms with van der Waals surface area (Å²) in [7, 11) is -3.47. The SMILES string of the molecule is O=S(=O)(N[C]1CCc2ccccc21)c1ccccc1. The van der Waals surface area contributed by atoms with Crippen LogP contribution in [0.1, 0.15) is 17.5 Å². The zero-order chi connectivity index (χ0) is 13.3. The van der Waals surface area contributed by atoms with Crippen molar-refractivity contribution >= 4 is 10.0 Å². The molecule has 0 fully saturated rings. The Bertz CT molecular complexity index is 680. The third-order valence-electron chi connectivity index (χ3n) is 3.30. The van der Waals surface area contributed by atoms with Crippen LogP contribution in [0.15, 0.2) is 59.5 Å². The molecule has 0 saturated heterocycles. The van der Waals surface area contributed by atoms with Gasteiger partial charge in [0.15, 0.2) is 0 Å². The highest BCUT2D eigenvalue weighted by molar-refractivity contribution is 7.89. The van der Waals surface area contributed by atoms with Crippen LogP contribution >= 0.6 is 0 Å². The van der Waals surface area contributed by atoms with Crippen LogP contribution in [0.5, 0.6) is 0 Å². The molecule has 1 aliphatic carbocycles. The highest BCUT2D eigenvalue weighted by atomic mass is 32.2. The summed E-state index contributed by atoms with van der Waals surface area (Å²) >= 11 is 0. The monoisotopic (exact) mass is 272 g/mol. The maximum absolute atomic E-state index is 12.3. The van der Waals surface area contributed by atoms with Crippen molar-refractivity contribution in [2.24, 2.45) is 0 Å². The van der Waals surface area contributed by atoms with E-state index in [1.54, 1.807) is 30.3 Å². The summed E-state index contributed by atoms with van der Waals surface area (Å²) in [6, 6.07) is 17.2. The Labute approximate surface area is 113 Å². The van der Waals surface area contributed by atoms with Gasteiger partial charge in [-0.05, 0) is 36.1 Å². The predicted octanol–water partition coefficient (Wildman–Crippen LogP) is 2.49. The van der Waals surface area contributed by atoms with E-state index in [0.29, 0.717) is 4.90 Å². The van der Waals surface area contributed by atoms with Crippen LogP contribution in [0, 0.1) is 6.04 Å². The first-order valence-corrected chi connectivity index (χ1v) is 7.67. The number of fused-ring (bicyclic) bond motifs is 1. The van der Waals surface area contributed by atoms with Gasteiger partial charge in [-0.25, -0.2) is 8.42 Å². The van der Waals surface area contributed by atoms with Crippen molar-refractivity contribution in [2.75, 3.05) is 0 Å². The van der Waals surface area contributed by atoms with E-state index >= 15 is 0 Å². The lowest BCUT2D eigenvalue weighted by molar-refractivity contribution is 0.583. The maximum Gasteiger partial charge on any atom is 0.241 e. The molecule has 0 aromatic heterocycles. The van der Waals surface area contributed by atoms with Crippen molar-refractivity contribution in [2.45, 2.75) is 17.7 Å². The molecule has 0 unspecified atom stereocenters. The van der Waals surface area contributed by atoms with Gasteiger partial charge in [-0.2, -0.15) is 4.72 Å². The van der Waals surface area contributed by atoms with Crippen LogP contribution < -0.4 is 4.72 Å². The standard InChI is InChI=1S/C15H14NO2S/c17-19(18,13-7-2-1-3-8-13)16-15-11-10-12-6-4-5-9-14(12)15/h1-9,16H,10-11H2. The molecule has 0 saturated carbocycles. The van der Waals surface area contributed by atoms with E-state index in [4.69, 9.17) is 0 Å². The molecule has 0 amide bonds. The average Bonchev–Trinajstić information content (AvgIpc) is 2.83. The molecule has 1 radical (unpaired) electrons. The average molecular weight is 272 g/mol. The molecule has 1 aliphatic rings. The van der Waals surface area contributed by atoms with Crippen molar-refractivity contribution in [3.8, 4) is 0 Å². The zero-order valence-electron chi connectivity index (χ0n) is 10.3. The number of hydrogen-bond acceptors (Lipinski definition) is 2. The lowest BCUT2D eigenvalue weighted by Crippen LogP contribution is -2.27. The van der Waals surface area contributed by atoms with Gasteiger partial charge in [0.25, 0.3) is 0 Å². The number of sulfonamides is 1. The van der Waals surface area contributed by atoms with E-state index in [9.17, 15) is 8.42 Å². The predicted molar refractivity (Wildman–Crippen MR) is 73.9 cm³/mol. The third-order valence-corrected chi connectivity index (χ3v) is 4.71. The first-order valence-electron chi connectivity index (χ1n) is 6.19. The first kappa shape index (κ1) is 12.4. The molecular formula is C15H14NO2S. The number of aryl methyl sites for hydroxylation is 1. The van der Waals surface area contributed by atoms with Crippen LogP contribution in [0.3, 0.4) is 0 Å². The first-order chi connectivity index (χ1) is 9.17. The number of rotatable bonds is 3. The van der Waals surface area contributed by atoms with E-state index in [1.807, 2.05) is 24.3 Å². The quantitative estimate of drug-likeness (QED) is 0.933. The highest BCUT2D eigenvalue weighted by Gasteiger charge is 2.27. The molecule has 0 bridgehead atoms. The van der Waals surface area contributed by atoms with Crippen LogP contribution in [-0.2, 0) is 16.4 Å². The number of hydrogen-bond donors (Lipinski definition) is 1. The van der Waals surface area contributed by atoms with Gasteiger partial charge in [0.05, 0.1) is 10.9 Å². The summed E-state index contributed by atoms with van der Waals surface area (Å²) in [6.45, 7) is 0.